The highest BCUT2D eigenvalue weighted by Crippen LogP contribution is 2.44. The average molecular weight is 404 g/mol. The number of likely N-dealkylation sites (N-methyl/N-ethyl adjacent to an activating group) is 1. The van der Waals surface area contributed by atoms with Crippen LogP contribution in [-0.4, -0.2) is 42.5 Å². The van der Waals surface area contributed by atoms with E-state index in [1.54, 1.807) is 11.0 Å². The third-order valence-corrected chi connectivity index (χ3v) is 5.78. The summed E-state index contributed by atoms with van der Waals surface area (Å²) in [5.41, 5.74) is 3.42. The van der Waals surface area contributed by atoms with Crippen molar-refractivity contribution in [2.75, 3.05) is 24.5 Å². The van der Waals surface area contributed by atoms with Crippen LogP contribution in [0.4, 0.5) is 5.69 Å². The quantitative estimate of drug-likeness (QED) is 0.632. The van der Waals surface area contributed by atoms with E-state index in [0.717, 1.165) is 25.1 Å². The highest BCUT2D eigenvalue weighted by atomic mass is 16.5. The first-order valence-electron chi connectivity index (χ1n) is 10.8. The first-order chi connectivity index (χ1) is 14.6. The van der Waals surface area contributed by atoms with Gasteiger partial charge >= 0.3 is 6.02 Å². The molecule has 2 aromatic rings. The lowest BCUT2D eigenvalue weighted by Crippen LogP contribution is -2.29. The van der Waals surface area contributed by atoms with Gasteiger partial charge in [-0.2, -0.15) is 0 Å². The monoisotopic (exact) mass is 403 g/mol. The van der Waals surface area contributed by atoms with Gasteiger partial charge in [0, 0.05) is 31.2 Å². The van der Waals surface area contributed by atoms with E-state index in [0.29, 0.717) is 24.2 Å². The Kier molecular flexibility index (Phi) is 5.88. The molecule has 2 aliphatic rings. The number of hydrogen-bond acceptors (Lipinski definition) is 4. The van der Waals surface area contributed by atoms with Crippen molar-refractivity contribution in [3.05, 3.63) is 71.5 Å². The van der Waals surface area contributed by atoms with E-state index in [4.69, 9.17) is 9.73 Å². The van der Waals surface area contributed by atoms with Gasteiger partial charge in [-0.25, -0.2) is 4.99 Å². The molecule has 1 aliphatic heterocycles. The zero-order chi connectivity index (χ0) is 21.1. The number of nitrogens with zero attached hydrogens (tertiary/aromatic N) is 3. The van der Waals surface area contributed by atoms with E-state index in [1.165, 1.54) is 11.3 Å². The summed E-state index contributed by atoms with van der Waals surface area (Å²) in [4.78, 5) is 21.5. The Morgan fingerprint density at radius 2 is 1.77 bits per heavy atom. The van der Waals surface area contributed by atoms with Crippen LogP contribution < -0.4 is 4.90 Å². The van der Waals surface area contributed by atoms with Gasteiger partial charge in [-0.1, -0.05) is 42.5 Å². The zero-order valence-corrected chi connectivity index (χ0v) is 17.9. The number of amides is 1. The molecule has 2 unspecified atom stereocenters. The van der Waals surface area contributed by atoms with Gasteiger partial charge in [0.15, 0.2) is 5.76 Å². The van der Waals surface area contributed by atoms with Gasteiger partial charge < -0.3 is 9.64 Å². The lowest BCUT2D eigenvalue weighted by molar-refractivity contribution is -0.122. The van der Waals surface area contributed by atoms with Crippen LogP contribution in [0.15, 0.2) is 65.3 Å². The molecule has 4 rings (SSSR count). The van der Waals surface area contributed by atoms with E-state index in [9.17, 15) is 4.79 Å². The molecule has 156 valence electrons. The Morgan fingerprint density at radius 3 is 2.40 bits per heavy atom. The summed E-state index contributed by atoms with van der Waals surface area (Å²) in [6, 6.07) is 19.2. The number of carbonyl (C=O) groups is 1. The molecule has 5 nitrogen and oxygen atoms in total. The highest BCUT2D eigenvalue weighted by Gasteiger charge is 2.42. The van der Waals surface area contributed by atoms with Crippen LogP contribution in [0.25, 0.3) is 6.08 Å². The molecule has 1 aliphatic carbocycles. The summed E-state index contributed by atoms with van der Waals surface area (Å²) in [6.45, 7) is 8.71. The highest BCUT2D eigenvalue weighted by molar-refractivity contribution is 6.11. The summed E-state index contributed by atoms with van der Waals surface area (Å²) in [5, 5.41) is 0. The molecule has 30 heavy (non-hydrogen) atoms. The SMILES string of the molecule is CCN1C(=O)C(=Cc2ccc(N(CC)CC)cc2)OC1=NC1CC1c1ccccc1. The third-order valence-electron chi connectivity index (χ3n) is 5.78. The van der Waals surface area contributed by atoms with Crippen LogP contribution in [0, 0.1) is 0 Å². The van der Waals surface area contributed by atoms with E-state index in [2.05, 4.69) is 55.1 Å². The van der Waals surface area contributed by atoms with Crippen LogP contribution >= 0.6 is 0 Å². The smallest absolute Gasteiger partial charge is 0.300 e. The molecule has 0 N–H and O–H groups in total. The maximum absolute atomic E-state index is 12.8. The van der Waals surface area contributed by atoms with E-state index in [-0.39, 0.29) is 11.9 Å². The Hall–Kier alpha value is -3.08. The van der Waals surface area contributed by atoms with Crippen molar-refractivity contribution < 1.29 is 9.53 Å². The van der Waals surface area contributed by atoms with Gasteiger partial charge in [-0.3, -0.25) is 9.69 Å². The number of aliphatic imine (C=N–C) groups is 1. The van der Waals surface area contributed by atoms with Gasteiger partial charge in [0.1, 0.15) is 0 Å². The number of ether oxygens (including phenoxy) is 1. The predicted molar refractivity (Wildman–Crippen MR) is 121 cm³/mol. The molecule has 2 fully saturated rings. The fourth-order valence-electron chi connectivity index (χ4n) is 3.93. The molecule has 2 aromatic carbocycles. The summed E-state index contributed by atoms with van der Waals surface area (Å²) in [7, 11) is 0. The first kappa shape index (κ1) is 20.2. The molecule has 1 amide bonds. The molecular formula is C25H29N3O2. The summed E-state index contributed by atoms with van der Waals surface area (Å²) >= 11 is 0. The topological polar surface area (TPSA) is 45.1 Å². The minimum atomic E-state index is -0.124. The Morgan fingerprint density at radius 1 is 1.07 bits per heavy atom. The predicted octanol–water partition coefficient (Wildman–Crippen LogP) is 4.66. The number of amidine groups is 1. The summed E-state index contributed by atoms with van der Waals surface area (Å²) < 4.78 is 5.91. The zero-order valence-electron chi connectivity index (χ0n) is 17.9. The van der Waals surface area contributed by atoms with Crippen molar-refractivity contribution in [3.8, 4) is 0 Å². The van der Waals surface area contributed by atoms with Crippen LogP contribution in [-0.2, 0) is 9.53 Å². The second-order valence-electron chi connectivity index (χ2n) is 7.66. The second kappa shape index (κ2) is 8.74. The number of rotatable bonds is 7. The second-order valence-corrected chi connectivity index (χ2v) is 7.66. The first-order valence-corrected chi connectivity index (χ1v) is 10.8. The summed E-state index contributed by atoms with van der Waals surface area (Å²) in [6.07, 6.45) is 2.80. The van der Waals surface area contributed by atoms with Gasteiger partial charge in [-0.15, -0.1) is 0 Å². The van der Waals surface area contributed by atoms with Crippen molar-refractivity contribution in [3.63, 3.8) is 0 Å². The molecule has 1 saturated heterocycles. The summed E-state index contributed by atoms with van der Waals surface area (Å²) in [5.74, 6) is 0.626. The van der Waals surface area contributed by atoms with Crippen molar-refractivity contribution in [1.29, 1.82) is 0 Å². The molecule has 0 aromatic heterocycles. The molecule has 1 heterocycles. The minimum absolute atomic E-state index is 0.124. The van der Waals surface area contributed by atoms with Crippen molar-refractivity contribution in [1.82, 2.24) is 4.90 Å². The van der Waals surface area contributed by atoms with E-state index >= 15 is 0 Å². The minimum Gasteiger partial charge on any atom is -0.420 e. The Balaban J connectivity index is 1.50. The lowest BCUT2D eigenvalue weighted by Gasteiger charge is -2.20. The maximum atomic E-state index is 12.8. The van der Waals surface area contributed by atoms with Crippen molar-refractivity contribution in [2.45, 2.75) is 39.2 Å². The van der Waals surface area contributed by atoms with Gasteiger partial charge in [0.05, 0.1) is 6.04 Å². The van der Waals surface area contributed by atoms with E-state index < -0.39 is 0 Å². The average Bonchev–Trinajstić information content (AvgIpc) is 3.48. The van der Waals surface area contributed by atoms with Crippen LogP contribution in [0.5, 0.6) is 0 Å². The third kappa shape index (κ3) is 4.11. The number of hydrogen-bond donors (Lipinski definition) is 0. The number of carbonyl (C=O) groups excluding carboxylic acids is 1. The standard InChI is InChI=1S/C25H29N3O2/c1-4-27(5-2)20-14-12-18(13-15-20)16-23-24(29)28(6-3)25(30-23)26-22-17-21(22)19-10-8-7-9-11-19/h7-16,21-22H,4-6,17H2,1-3H3. The number of anilines is 1. The normalized spacial score (nSPS) is 23.2. The molecule has 0 radical (unpaired) electrons. The van der Waals surface area contributed by atoms with Crippen LogP contribution in [0.1, 0.15) is 44.2 Å². The van der Waals surface area contributed by atoms with Crippen molar-refractivity contribution >= 4 is 23.7 Å². The van der Waals surface area contributed by atoms with E-state index in [1.807, 2.05) is 25.1 Å². The van der Waals surface area contributed by atoms with Gasteiger partial charge in [-0.05, 0) is 56.5 Å². The maximum Gasteiger partial charge on any atom is 0.300 e. The molecule has 1 saturated carbocycles. The molecule has 2 atom stereocenters. The fourth-order valence-corrected chi connectivity index (χ4v) is 3.93. The number of benzene rings is 2. The van der Waals surface area contributed by atoms with Crippen LogP contribution in [0.2, 0.25) is 0 Å². The molecular weight excluding hydrogens is 374 g/mol. The lowest BCUT2D eigenvalue weighted by atomic mass is 10.1. The van der Waals surface area contributed by atoms with Gasteiger partial charge in [0.25, 0.3) is 5.91 Å². The molecule has 5 heteroatoms. The Bertz CT molecular complexity index is 946. The molecule has 0 bridgehead atoms. The van der Waals surface area contributed by atoms with Crippen molar-refractivity contribution in [2.24, 2.45) is 4.99 Å². The van der Waals surface area contributed by atoms with Gasteiger partial charge in [0.2, 0.25) is 0 Å². The fraction of sp³-hybridized carbons (Fsp3) is 0.360. The Labute approximate surface area is 178 Å². The molecule has 0 spiro atoms. The largest absolute Gasteiger partial charge is 0.420 e. The van der Waals surface area contributed by atoms with Crippen LogP contribution in [0.3, 0.4) is 0 Å².